The van der Waals surface area contributed by atoms with E-state index < -0.39 is 0 Å². The van der Waals surface area contributed by atoms with Crippen LogP contribution in [-0.2, 0) is 4.79 Å². The van der Waals surface area contributed by atoms with Crippen molar-refractivity contribution in [1.29, 1.82) is 0 Å². The number of oxime groups is 1. The molecule has 0 heterocycles. The minimum Gasteiger partial charge on any atom is -0.411 e. The van der Waals surface area contributed by atoms with Gasteiger partial charge in [-0.2, -0.15) is 0 Å². The molecule has 16 heavy (non-hydrogen) atoms. The number of nitrogens with two attached hydrogens (primary N) is 2. The van der Waals surface area contributed by atoms with Gasteiger partial charge < -0.3 is 16.7 Å². The first-order chi connectivity index (χ1) is 7.56. The largest absolute Gasteiger partial charge is 0.411 e. The number of primary amides is 1. The molecule has 2 rings (SSSR count). The third kappa shape index (κ3) is 1.63. The van der Waals surface area contributed by atoms with Crippen LogP contribution in [0.5, 0.6) is 0 Å². The Morgan fingerprint density at radius 1 is 1.56 bits per heavy atom. The Morgan fingerprint density at radius 2 is 2.25 bits per heavy atom. The van der Waals surface area contributed by atoms with Crippen LogP contribution in [0.25, 0.3) is 0 Å². The molecule has 5 nitrogen and oxygen atoms in total. The highest BCUT2D eigenvalue weighted by Gasteiger charge is 2.44. The van der Waals surface area contributed by atoms with Crippen molar-refractivity contribution in [3.8, 4) is 0 Å². The molecule has 5 N–H and O–H groups in total. The second-order valence-corrected chi connectivity index (χ2v) is 4.33. The quantitative estimate of drug-likeness (QED) is 0.457. The summed E-state index contributed by atoms with van der Waals surface area (Å²) >= 11 is 0. The molecule has 5 heteroatoms. The minimum absolute atomic E-state index is 0.0607. The number of rotatable bonds is 2. The maximum Gasteiger partial charge on any atom is 0.221 e. The van der Waals surface area contributed by atoms with E-state index in [0.29, 0.717) is 5.71 Å². The van der Waals surface area contributed by atoms with Gasteiger partial charge in [0.1, 0.15) is 5.71 Å². The van der Waals surface area contributed by atoms with Crippen LogP contribution >= 0.6 is 0 Å². The van der Waals surface area contributed by atoms with Gasteiger partial charge in [0.15, 0.2) is 0 Å². The summed E-state index contributed by atoms with van der Waals surface area (Å²) in [6.45, 7) is 1.89. The summed E-state index contributed by atoms with van der Waals surface area (Å²) in [7, 11) is 0. The molecule has 1 saturated carbocycles. The molecular weight excluding hydrogens is 206 g/mol. The Balaban J connectivity index is 2.22. The number of hydrogen-bond acceptors (Lipinski definition) is 4. The molecule has 0 saturated heterocycles. The smallest absolute Gasteiger partial charge is 0.221 e. The second kappa shape index (κ2) is 3.75. The highest BCUT2D eigenvalue weighted by atomic mass is 16.4. The molecule has 86 valence electrons. The highest BCUT2D eigenvalue weighted by Crippen LogP contribution is 2.46. The summed E-state index contributed by atoms with van der Waals surface area (Å²) in [6.07, 6.45) is 4.34. The molecule has 0 bridgehead atoms. The van der Waals surface area contributed by atoms with Crippen LogP contribution < -0.4 is 11.5 Å². The zero-order chi connectivity index (χ0) is 11.9. The predicted molar refractivity (Wildman–Crippen MR) is 59.8 cm³/mol. The molecule has 0 aromatic carbocycles. The SMILES string of the molecule is CC1=C([C@H]2C[C@H]2C(N)=O)C=CC(=NO)C1N. The van der Waals surface area contributed by atoms with Crippen molar-refractivity contribution in [2.24, 2.45) is 28.5 Å². The van der Waals surface area contributed by atoms with Crippen LogP contribution in [0.3, 0.4) is 0 Å². The number of hydrogen-bond donors (Lipinski definition) is 3. The van der Waals surface area contributed by atoms with E-state index in [9.17, 15) is 4.79 Å². The lowest BCUT2D eigenvalue weighted by Gasteiger charge is -2.19. The van der Waals surface area contributed by atoms with Gasteiger partial charge in [-0.25, -0.2) is 0 Å². The first-order valence-corrected chi connectivity index (χ1v) is 5.21. The van der Waals surface area contributed by atoms with E-state index in [-0.39, 0.29) is 23.8 Å². The lowest BCUT2D eigenvalue weighted by atomic mass is 9.90. The summed E-state index contributed by atoms with van der Waals surface area (Å²) in [5.74, 6) is -0.122. The van der Waals surface area contributed by atoms with E-state index in [1.54, 1.807) is 6.08 Å². The van der Waals surface area contributed by atoms with Crippen LogP contribution in [0, 0.1) is 11.8 Å². The van der Waals surface area contributed by atoms with Crippen molar-refractivity contribution in [2.75, 3.05) is 0 Å². The average Bonchev–Trinajstić information content (AvgIpc) is 3.02. The van der Waals surface area contributed by atoms with Crippen molar-refractivity contribution in [2.45, 2.75) is 19.4 Å². The summed E-state index contributed by atoms with van der Waals surface area (Å²) in [5.41, 5.74) is 13.6. The van der Waals surface area contributed by atoms with Crippen molar-refractivity contribution < 1.29 is 10.0 Å². The molecule has 1 unspecified atom stereocenters. The number of nitrogens with zero attached hydrogens (tertiary/aromatic N) is 1. The van der Waals surface area contributed by atoms with Gasteiger partial charge >= 0.3 is 0 Å². The van der Waals surface area contributed by atoms with E-state index in [1.807, 2.05) is 13.0 Å². The second-order valence-electron chi connectivity index (χ2n) is 4.33. The number of carbonyl (C=O) groups excluding carboxylic acids is 1. The molecule has 1 amide bonds. The first kappa shape index (κ1) is 10.9. The van der Waals surface area contributed by atoms with Crippen molar-refractivity contribution in [3.63, 3.8) is 0 Å². The predicted octanol–water partition coefficient (Wildman–Crippen LogP) is 0.152. The van der Waals surface area contributed by atoms with Gasteiger partial charge in [-0.1, -0.05) is 11.2 Å². The van der Waals surface area contributed by atoms with Gasteiger partial charge in [0.2, 0.25) is 5.91 Å². The van der Waals surface area contributed by atoms with Crippen molar-refractivity contribution >= 4 is 11.6 Å². The van der Waals surface area contributed by atoms with E-state index in [1.165, 1.54) is 0 Å². The number of amides is 1. The molecule has 2 aliphatic rings. The molecule has 0 spiro atoms. The fourth-order valence-corrected chi connectivity index (χ4v) is 2.18. The van der Waals surface area contributed by atoms with Crippen LogP contribution in [0.15, 0.2) is 28.5 Å². The van der Waals surface area contributed by atoms with Gasteiger partial charge in [0.25, 0.3) is 0 Å². The Morgan fingerprint density at radius 3 is 2.75 bits per heavy atom. The maximum absolute atomic E-state index is 11.0. The van der Waals surface area contributed by atoms with Crippen molar-refractivity contribution in [3.05, 3.63) is 23.3 Å². The van der Waals surface area contributed by atoms with E-state index in [0.717, 1.165) is 17.6 Å². The molecule has 0 aliphatic heterocycles. The Kier molecular flexibility index (Phi) is 2.55. The topological polar surface area (TPSA) is 102 Å². The van der Waals surface area contributed by atoms with E-state index in [2.05, 4.69) is 5.16 Å². The van der Waals surface area contributed by atoms with Crippen LogP contribution in [-0.4, -0.2) is 22.9 Å². The highest BCUT2D eigenvalue weighted by molar-refractivity contribution is 6.02. The van der Waals surface area contributed by atoms with Crippen LogP contribution in [0.2, 0.25) is 0 Å². The molecule has 2 aliphatic carbocycles. The fourth-order valence-electron chi connectivity index (χ4n) is 2.18. The monoisotopic (exact) mass is 221 g/mol. The van der Waals surface area contributed by atoms with E-state index in [4.69, 9.17) is 16.7 Å². The van der Waals surface area contributed by atoms with Gasteiger partial charge in [-0.15, -0.1) is 0 Å². The van der Waals surface area contributed by atoms with Crippen LogP contribution in [0.1, 0.15) is 13.3 Å². The first-order valence-electron chi connectivity index (χ1n) is 5.21. The molecule has 3 atom stereocenters. The zero-order valence-corrected chi connectivity index (χ0v) is 9.05. The summed E-state index contributed by atoms with van der Waals surface area (Å²) in [6, 6.07) is -0.390. The standard InChI is InChI=1S/C11H15N3O2/c1-5-6(7-4-8(7)11(13)15)2-3-9(14-16)10(5)12/h2-3,7-8,10,16H,4,12H2,1H3,(H2,13,15)/t7-,8-,10?/m1/s1. The third-order valence-electron chi connectivity index (χ3n) is 3.34. The fraction of sp³-hybridized carbons (Fsp3) is 0.455. The summed E-state index contributed by atoms with van der Waals surface area (Å²) in [4.78, 5) is 11.0. The molecule has 0 aromatic heterocycles. The lowest BCUT2D eigenvalue weighted by molar-refractivity contribution is -0.119. The zero-order valence-electron chi connectivity index (χ0n) is 9.05. The lowest BCUT2D eigenvalue weighted by Crippen LogP contribution is -2.33. The summed E-state index contributed by atoms with van der Waals surface area (Å²) in [5, 5.41) is 11.8. The van der Waals surface area contributed by atoms with Crippen LogP contribution in [0.4, 0.5) is 0 Å². The molecule has 1 fully saturated rings. The number of allylic oxidation sites excluding steroid dienone is 2. The van der Waals surface area contributed by atoms with Crippen molar-refractivity contribution in [1.82, 2.24) is 0 Å². The Bertz CT molecular complexity index is 423. The van der Waals surface area contributed by atoms with Gasteiger partial charge in [0, 0.05) is 5.92 Å². The maximum atomic E-state index is 11.0. The third-order valence-corrected chi connectivity index (χ3v) is 3.34. The molecular formula is C11H15N3O2. The summed E-state index contributed by atoms with van der Waals surface area (Å²) < 4.78 is 0. The normalized spacial score (nSPS) is 35.6. The number of carbonyl (C=O) groups is 1. The van der Waals surface area contributed by atoms with Gasteiger partial charge in [-0.05, 0) is 36.5 Å². The van der Waals surface area contributed by atoms with E-state index >= 15 is 0 Å². The Labute approximate surface area is 93.5 Å². The Hall–Kier alpha value is -1.62. The molecule has 0 aromatic rings. The van der Waals surface area contributed by atoms with Gasteiger partial charge in [-0.3, -0.25) is 4.79 Å². The average molecular weight is 221 g/mol. The molecule has 0 radical (unpaired) electrons. The minimum atomic E-state index is -0.390. The van der Waals surface area contributed by atoms with Gasteiger partial charge in [0.05, 0.1) is 6.04 Å².